The van der Waals surface area contributed by atoms with Crippen molar-refractivity contribution in [2.24, 2.45) is 0 Å². The van der Waals surface area contributed by atoms with Crippen molar-refractivity contribution in [2.45, 2.75) is 0 Å². The van der Waals surface area contributed by atoms with Crippen molar-refractivity contribution < 1.29 is 4.42 Å². The maximum Gasteiger partial charge on any atom is 0.179 e. The number of para-hydroxylation sites is 2. The van der Waals surface area contributed by atoms with Crippen molar-refractivity contribution in [3.63, 3.8) is 0 Å². The van der Waals surface area contributed by atoms with E-state index >= 15 is 0 Å². The van der Waals surface area contributed by atoms with Gasteiger partial charge in [-0.3, -0.25) is 0 Å². The van der Waals surface area contributed by atoms with Crippen molar-refractivity contribution in [1.29, 1.82) is 0 Å². The quantitative estimate of drug-likeness (QED) is 0.0867. The van der Waals surface area contributed by atoms with Gasteiger partial charge < -0.3 is 4.42 Å². The molecule has 5 heteroatoms. The SMILES string of the molecule is c1ccc(-c2nc(-c3ccc4c5ccccc5c5cc(-c6ccc([Si](c7ccccc7)(c7ccccc7)c7ccccc7)cc6)ccc5c4c3)nc(-c3cccc4c3oc3ccccc34)n2)cc1. The van der Waals surface area contributed by atoms with Crippen LogP contribution in [0.15, 0.2) is 253 Å². The molecule has 0 N–H and O–H groups in total. The van der Waals surface area contributed by atoms with E-state index < -0.39 is 8.07 Å². The van der Waals surface area contributed by atoms with Gasteiger partial charge in [-0.2, -0.15) is 0 Å². The van der Waals surface area contributed by atoms with Crippen LogP contribution >= 0.6 is 0 Å². The van der Waals surface area contributed by atoms with Gasteiger partial charge in [-0.25, -0.2) is 15.0 Å². The predicted molar refractivity (Wildman–Crippen MR) is 285 cm³/mol. The largest absolute Gasteiger partial charge is 0.455 e. The fourth-order valence-electron chi connectivity index (χ4n) is 10.5. The van der Waals surface area contributed by atoms with Crippen LogP contribution in [-0.4, -0.2) is 23.0 Å². The summed E-state index contributed by atoms with van der Waals surface area (Å²) in [6, 6.07) is 89.5. The second kappa shape index (κ2) is 16.3. The van der Waals surface area contributed by atoms with Gasteiger partial charge in [0.25, 0.3) is 0 Å². The first-order valence-electron chi connectivity index (χ1n) is 23.1. The zero-order chi connectivity index (χ0) is 45.0. The zero-order valence-electron chi connectivity index (χ0n) is 36.9. The normalized spacial score (nSPS) is 11.8. The van der Waals surface area contributed by atoms with Gasteiger partial charge in [0.15, 0.2) is 25.5 Å². The Kier molecular flexibility index (Phi) is 9.48. The van der Waals surface area contributed by atoms with Crippen LogP contribution in [0.4, 0.5) is 0 Å². The molecule has 13 rings (SSSR count). The first-order chi connectivity index (χ1) is 33.7. The number of hydrogen-bond acceptors (Lipinski definition) is 4. The monoisotopic (exact) mass is 883 g/mol. The molecule has 0 atom stereocenters. The first-order valence-corrected chi connectivity index (χ1v) is 25.1. The number of furan rings is 1. The lowest BCUT2D eigenvalue weighted by Crippen LogP contribution is -2.74. The Bertz CT molecular complexity index is 3910. The van der Waals surface area contributed by atoms with E-state index in [0.29, 0.717) is 17.5 Å². The Labute approximate surface area is 394 Å². The molecule has 4 nitrogen and oxygen atoms in total. The van der Waals surface area contributed by atoms with Crippen LogP contribution < -0.4 is 20.7 Å². The lowest BCUT2D eigenvalue weighted by molar-refractivity contribution is 0.669. The summed E-state index contributed by atoms with van der Waals surface area (Å²) in [6.07, 6.45) is 0. The molecular weight excluding hydrogens is 843 g/mol. The van der Waals surface area contributed by atoms with Crippen molar-refractivity contribution in [2.75, 3.05) is 0 Å². The van der Waals surface area contributed by atoms with E-state index in [1.807, 2.05) is 54.6 Å². The van der Waals surface area contributed by atoms with Gasteiger partial charge in [0.05, 0.1) is 5.56 Å². The molecule has 318 valence electrons. The number of nitrogens with zero attached hydrogens (tertiary/aromatic N) is 3. The predicted octanol–water partition coefficient (Wildman–Crippen LogP) is 13.3. The topological polar surface area (TPSA) is 51.8 Å². The molecule has 13 aromatic rings. The van der Waals surface area contributed by atoms with E-state index in [0.717, 1.165) is 44.0 Å². The highest BCUT2D eigenvalue weighted by molar-refractivity contribution is 7.19. The van der Waals surface area contributed by atoms with Crippen LogP contribution in [0.25, 0.3) is 99.5 Å². The summed E-state index contributed by atoms with van der Waals surface area (Å²) in [5.74, 6) is 1.77. The summed E-state index contributed by atoms with van der Waals surface area (Å²) >= 11 is 0. The van der Waals surface area contributed by atoms with Crippen LogP contribution in [0, 0.1) is 0 Å². The van der Waals surface area contributed by atoms with Crippen LogP contribution in [0.2, 0.25) is 0 Å². The van der Waals surface area contributed by atoms with E-state index in [9.17, 15) is 0 Å². The second-order valence-electron chi connectivity index (χ2n) is 17.4. The Morgan fingerprint density at radius 3 is 1.32 bits per heavy atom. The lowest BCUT2D eigenvalue weighted by Gasteiger charge is -2.34. The van der Waals surface area contributed by atoms with E-state index in [1.165, 1.54) is 58.8 Å². The van der Waals surface area contributed by atoms with Crippen molar-refractivity contribution in [3.05, 3.63) is 249 Å². The molecular formula is C63H41N3OSi. The van der Waals surface area contributed by atoms with E-state index in [2.05, 4.69) is 194 Å². The molecule has 0 aliphatic rings. The summed E-state index contributed by atoms with van der Waals surface area (Å²) < 4.78 is 6.49. The van der Waals surface area contributed by atoms with Crippen LogP contribution in [0.5, 0.6) is 0 Å². The standard InChI is InChI=1S/C63H41N3OSi/c1-5-18-43(19-6-1)61-64-62(66-63(65-61)56-30-17-29-55-54-28-15-16-31-59(54)67-60(55)56)45-35-39-52-50-26-13-14-27-51(50)57-40-44(34-38-53(57)58(52)41-45)42-32-36-49(37-33-42)68(46-20-7-2-8-21-46,47-22-9-3-10-23-47)48-24-11-4-12-25-48/h1-41H. The first kappa shape index (κ1) is 39.6. The minimum atomic E-state index is -2.65. The zero-order valence-corrected chi connectivity index (χ0v) is 37.9. The molecule has 0 radical (unpaired) electrons. The highest BCUT2D eigenvalue weighted by atomic mass is 28.3. The fourth-order valence-corrected chi connectivity index (χ4v) is 15.3. The summed E-state index contributed by atoms with van der Waals surface area (Å²) in [5, 5.41) is 14.7. The van der Waals surface area contributed by atoms with Gasteiger partial charge in [0.1, 0.15) is 11.2 Å². The van der Waals surface area contributed by atoms with Gasteiger partial charge in [-0.15, -0.1) is 0 Å². The highest BCUT2D eigenvalue weighted by Gasteiger charge is 2.41. The van der Waals surface area contributed by atoms with Gasteiger partial charge in [-0.05, 0) is 88.5 Å². The summed E-state index contributed by atoms with van der Waals surface area (Å²) in [4.78, 5) is 15.5. The van der Waals surface area contributed by atoms with E-state index in [-0.39, 0.29) is 0 Å². The molecule has 0 aliphatic carbocycles. The van der Waals surface area contributed by atoms with Crippen molar-refractivity contribution in [1.82, 2.24) is 15.0 Å². The lowest BCUT2D eigenvalue weighted by atomic mass is 9.91. The molecule has 11 aromatic carbocycles. The summed E-state index contributed by atoms with van der Waals surface area (Å²) in [7, 11) is -2.65. The molecule has 68 heavy (non-hydrogen) atoms. The number of benzene rings is 11. The number of aromatic nitrogens is 3. The van der Waals surface area contributed by atoms with Crippen LogP contribution in [-0.2, 0) is 0 Å². The molecule has 0 saturated heterocycles. The molecule has 0 unspecified atom stereocenters. The van der Waals surface area contributed by atoms with Gasteiger partial charge in [-0.1, -0.05) is 224 Å². The average molecular weight is 884 g/mol. The minimum Gasteiger partial charge on any atom is -0.455 e. The molecule has 0 aliphatic heterocycles. The number of fused-ring (bicyclic) bond motifs is 9. The maximum absolute atomic E-state index is 6.49. The molecule has 2 aromatic heterocycles. The van der Waals surface area contributed by atoms with Gasteiger partial charge >= 0.3 is 0 Å². The third-order valence-electron chi connectivity index (χ3n) is 13.7. The molecule has 0 saturated carbocycles. The Morgan fingerprint density at radius 1 is 0.265 bits per heavy atom. The summed E-state index contributed by atoms with van der Waals surface area (Å²) in [6.45, 7) is 0. The molecule has 0 spiro atoms. The van der Waals surface area contributed by atoms with Crippen LogP contribution in [0.3, 0.4) is 0 Å². The molecule has 0 bridgehead atoms. The Balaban J connectivity index is 0.961. The fraction of sp³-hybridized carbons (Fsp3) is 0. The van der Waals surface area contributed by atoms with Gasteiger partial charge in [0, 0.05) is 21.9 Å². The third kappa shape index (κ3) is 6.47. The second-order valence-corrected chi connectivity index (χ2v) is 21.3. The Hall–Kier alpha value is -8.77. The van der Waals surface area contributed by atoms with Gasteiger partial charge in [0.2, 0.25) is 0 Å². The van der Waals surface area contributed by atoms with E-state index in [1.54, 1.807) is 0 Å². The third-order valence-corrected chi connectivity index (χ3v) is 18.5. The molecule has 2 heterocycles. The molecule has 0 amide bonds. The Morgan fingerprint density at radius 2 is 0.691 bits per heavy atom. The van der Waals surface area contributed by atoms with Crippen LogP contribution in [0.1, 0.15) is 0 Å². The highest BCUT2D eigenvalue weighted by Crippen LogP contribution is 2.40. The minimum absolute atomic E-state index is 0.564. The number of hydrogen-bond donors (Lipinski definition) is 0. The smallest absolute Gasteiger partial charge is 0.179 e. The van der Waals surface area contributed by atoms with Crippen molar-refractivity contribution in [3.8, 4) is 45.3 Å². The van der Waals surface area contributed by atoms with Crippen molar-refractivity contribution >= 4 is 83.1 Å². The molecule has 0 fully saturated rings. The van der Waals surface area contributed by atoms with E-state index in [4.69, 9.17) is 19.4 Å². The summed E-state index contributed by atoms with van der Waals surface area (Å²) in [5.41, 5.74) is 6.59. The average Bonchev–Trinajstić information content (AvgIpc) is 3.81. The number of rotatable bonds is 8. The maximum atomic E-state index is 6.49.